The summed E-state index contributed by atoms with van der Waals surface area (Å²) < 4.78 is 4.84. The number of hydrogen-bond acceptors (Lipinski definition) is 5. The van der Waals surface area contributed by atoms with E-state index >= 15 is 0 Å². The fourth-order valence-corrected chi connectivity index (χ4v) is 2.43. The van der Waals surface area contributed by atoms with Gasteiger partial charge in [-0.15, -0.1) is 0 Å². The Bertz CT molecular complexity index is 907. The number of amides is 2. The molecule has 26 heavy (non-hydrogen) atoms. The highest BCUT2D eigenvalue weighted by Crippen LogP contribution is 2.17. The molecule has 10 heteroatoms. The maximum atomic E-state index is 12.5. The first-order valence-electron chi connectivity index (χ1n) is 8.09. The van der Waals surface area contributed by atoms with E-state index in [-0.39, 0.29) is 11.6 Å². The molecule has 0 aliphatic heterocycles. The van der Waals surface area contributed by atoms with Crippen molar-refractivity contribution in [3.05, 3.63) is 48.3 Å². The largest absolute Gasteiger partial charge is 0.343 e. The summed E-state index contributed by atoms with van der Waals surface area (Å²) in [5, 5.41) is 15.2. The van der Waals surface area contributed by atoms with Crippen LogP contribution in [0.15, 0.2) is 36.9 Å². The molecule has 3 aromatic heterocycles. The van der Waals surface area contributed by atoms with Crippen LogP contribution in [0.3, 0.4) is 0 Å². The van der Waals surface area contributed by atoms with Crippen LogP contribution in [0.4, 0.5) is 5.69 Å². The lowest BCUT2D eigenvalue weighted by atomic mass is 10.3. The second-order valence-corrected chi connectivity index (χ2v) is 5.80. The van der Waals surface area contributed by atoms with E-state index in [1.165, 1.54) is 11.1 Å². The molecule has 0 unspecified atom stereocenters. The Labute approximate surface area is 150 Å². The molecule has 0 aliphatic rings. The molecular weight excluding hydrogens is 336 g/mol. The quantitative estimate of drug-likeness (QED) is 0.702. The highest BCUT2D eigenvalue weighted by atomic mass is 16.2. The van der Waals surface area contributed by atoms with Gasteiger partial charge in [0.25, 0.3) is 11.8 Å². The molecule has 0 bridgehead atoms. The fraction of sp³-hybridized carbons (Fsp3) is 0.312. The Kier molecular flexibility index (Phi) is 4.83. The highest BCUT2D eigenvalue weighted by Gasteiger charge is 2.22. The van der Waals surface area contributed by atoms with E-state index < -0.39 is 5.91 Å². The van der Waals surface area contributed by atoms with Gasteiger partial charge in [0, 0.05) is 39.2 Å². The summed E-state index contributed by atoms with van der Waals surface area (Å²) in [5.41, 5.74) is 0.934. The lowest BCUT2D eigenvalue weighted by Crippen LogP contribution is -2.26. The third kappa shape index (κ3) is 3.48. The van der Waals surface area contributed by atoms with Gasteiger partial charge in [-0.3, -0.25) is 23.6 Å². The molecule has 3 heterocycles. The molecule has 0 saturated carbocycles. The van der Waals surface area contributed by atoms with Crippen LogP contribution >= 0.6 is 0 Å². The average Bonchev–Trinajstić information content (AvgIpc) is 3.35. The molecular formula is C16H20N8O2. The van der Waals surface area contributed by atoms with Crippen LogP contribution in [0.1, 0.15) is 27.9 Å². The van der Waals surface area contributed by atoms with Crippen molar-refractivity contribution < 1.29 is 9.59 Å². The number of anilines is 1. The van der Waals surface area contributed by atoms with Gasteiger partial charge in [-0.25, -0.2) is 0 Å². The Morgan fingerprint density at radius 2 is 2.00 bits per heavy atom. The second-order valence-electron chi connectivity index (χ2n) is 5.80. The minimum atomic E-state index is -0.410. The summed E-state index contributed by atoms with van der Waals surface area (Å²) >= 11 is 0. The lowest BCUT2D eigenvalue weighted by molar-refractivity contribution is 0.0816. The summed E-state index contributed by atoms with van der Waals surface area (Å²) in [6.45, 7) is 2.80. The van der Waals surface area contributed by atoms with Crippen LogP contribution in [0.5, 0.6) is 0 Å². The number of rotatable bonds is 6. The first kappa shape index (κ1) is 17.4. The van der Waals surface area contributed by atoms with E-state index in [0.717, 1.165) is 0 Å². The maximum Gasteiger partial charge on any atom is 0.276 e. The molecule has 0 atom stereocenters. The summed E-state index contributed by atoms with van der Waals surface area (Å²) in [4.78, 5) is 26.3. The average molecular weight is 356 g/mol. The van der Waals surface area contributed by atoms with Crippen LogP contribution in [0.2, 0.25) is 0 Å². The van der Waals surface area contributed by atoms with Crippen molar-refractivity contribution in [1.82, 2.24) is 34.2 Å². The van der Waals surface area contributed by atoms with E-state index in [9.17, 15) is 9.59 Å². The van der Waals surface area contributed by atoms with E-state index in [0.29, 0.717) is 24.6 Å². The smallest absolute Gasteiger partial charge is 0.276 e. The molecule has 0 radical (unpaired) electrons. The van der Waals surface area contributed by atoms with Crippen LogP contribution in [-0.2, 0) is 13.2 Å². The van der Waals surface area contributed by atoms with Crippen LogP contribution < -0.4 is 5.32 Å². The molecule has 0 aromatic carbocycles. The Morgan fingerprint density at radius 3 is 2.65 bits per heavy atom. The molecule has 0 aliphatic carbocycles. The summed E-state index contributed by atoms with van der Waals surface area (Å²) in [7, 11) is 3.30. The van der Waals surface area contributed by atoms with Crippen molar-refractivity contribution in [2.24, 2.45) is 0 Å². The van der Waals surface area contributed by atoms with Crippen molar-refractivity contribution in [2.45, 2.75) is 20.1 Å². The van der Waals surface area contributed by atoms with Gasteiger partial charge in [0.15, 0.2) is 5.69 Å². The standard InChI is InChI=1S/C16H20N8O2/c1-4-24-14(16(26)21(2)3)13(10-18-24)19-15(25)12-6-9-23(20-12)11-22-8-5-7-17-22/h5-10H,4,11H2,1-3H3,(H,19,25). The fourth-order valence-electron chi connectivity index (χ4n) is 2.43. The zero-order chi connectivity index (χ0) is 18.7. The number of nitrogens with zero attached hydrogens (tertiary/aromatic N) is 7. The van der Waals surface area contributed by atoms with Gasteiger partial charge < -0.3 is 10.2 Å². The lowest BCUT2D eigenvalue weighted by Gasteiger charge is -2.13. The zero-order valence-electron chi connectivity index (χ0n) is 14.8. The number of nitrogens with one attached hydrogen (secondary N) is 1. The van der Waals surface area contributed by atoms with Gasteiger partial charge in [0.1, 0.15) is 12.4 Å². The first-order valence-corrected chi connectivity index (χ1v) is 8.09. The van der Waals surface area contributed by atoms with Gasteiger partial charge in [0.2, 0.25) is 0 Å². The molecule has 136 valence electrons. The molecule has 0 spiro atoms. The summed E-state index contributed by atoms with van der Waals surface area (Å²) in [6, 6.07) is 3.42. The molecule has 0 saturated heterocycles. The van der Waals surface area contributed by atoms with Crippen molar-refractivity contribution in [3.63, 3.8) is 0 Å². The zero-order valence-corrected chi connectivity index (χ0v) is 14.8. The van der Waals surface area contributed by atoms with Crippen LogP contribution in [-0.4, -0.2) is 60.2 Å². The SMILES string of the molecule is CCn1ncc(NC(=O)c2ccn(Cn3cccn3)n2)c1C(=O)N(C)C. The predicted molar refractivity (Wildman–Crippen MR) is 93.7 cm³/mol. The third-order valence-corrected chi connectivity index (χ3v) is 3.72. The second kappa shape index (κ2) is 7.21. The van der Waals surface area contributed by atoms with Gasteiger partial charge in [-0.1, -0.05) is 0 Å². The molecule has 10 nitrogen and oxygen atoms in total. The number of hydrogen-bond donors (Lipinski definition) is 1. The van der Waals surface area contributed by atoms with Gasteiger partial charge in [-0.2, -0.15) is 15.3 Å². The Hall–Kier alpha value is -3.43. The van der Waals surface area contributed by atoms with Crippen molar-refractivity contribution in [3.8, 4) is 0 Å². The molecule has 3 rings (SSSR count). The number of carbonyl (C=O) groups excluding carboxylic acids is 2. The third-order valence-electron chi connectivity index (χ3n) is 3.72. The molecule has 3 aromatic rings. The van der Waals surface area contributed by atoms with Crippen molar-refractivity contribution >= 4 is 17.5 Å². The monoisotopic (exact) mass is 356 g/mol. The summed E-state index contributed by atoms with van der Waals surface area (Å²) in [5.74, 6) is -0.642. The predicted octanol–water partition coefficient (Wildman–Crippen LogP) is 0.756. The Balaban J connectivity index is 1.77. The topological polar surface area (TPSA) is 103 Å². The van der Waals surface area contributed by atoms with Crippen molar-refractivity contribution in [2.75, 3.05) is 19.4 Å². The van der Waals surface area contributed by atoms with E-state index in [4.69, 9.17) is 0 Å². The van der Waals surface area contributed by atoms with Gasteiger partial charge >= 0.3 is 0 Å². The van der Waals surface area contributed by atoms with Crippen molar-refractivity contribution in [1.29, 1.82) is 0 Å². The maximum absolute atomic E-state index is 12.5. The Morgan fingerprint density at radius 1 is 1.19 bits per heavy atom. The first-order chi connectivity index (χ1) is 12.5. The summed E-state index contributed by atoms with van der Waals surface area (Å²) in [6.07, 6.45) is 6.64. The number of aryl methyl sites for hydroxylation is 1. The van der Waals surface area contributed by atoms with Crippen LogP contribution in [0, 0.1) is 0 Å². The minimum Gasteiger partial charge on any atom is -0.343 e. The van der Waals surface area contributed by atoms with E-state index in [1.54, 1.807) is 52.8 Å². The molecule has 1 N–H and O–H groups in total. The van der Waals surface area contributed by atoms with Crippen LogP contribution in [0.25, 0.3) is 0 Å². The van der Waals surface area contributed by atoms with E-state index in [2.05, 4.69) is 20.6 Å². The van der Waals surface area contributed by atoms with E-state index in [1.807, 2.05) is 13.0 Å². The van der Waals surface area contributed by atoms with Gasteiger partial charge in [0.05, 0.1) is 11.9 Å². The highest BCUT2D eigenvalue weighted by molar-refractivity contribution is 6.07. The van der Waals surface area contributed by atoms with Gasteiger partial charge in [-0.05, 0) is 19.1 Å². The molecule has 2 amide bonds. The normalized spacial score (nSPS) is 10.7. The number of aromatic nitrogens is 6. The minimum absolute atomic E-state index is 0.233. The number of carbonyl (C=O) groups is 2. The molecule has 0 fully saturated rings.